The van der Waals surface area contributed by atoms with E-state index in [1.54, 1.807) is 16.2 Å². The lowest BCUT2D eigenvalue weighted by Gasteiger charge is -2.18. The molecule has 1 N–H and O–H groups in total. The first-order valence-corrected chi connectivity index (χ1v) is 6.67. The number of thiophene rings is 1. The van der Waals surface area contributed by atoms with E-state index in [4.69, 9.17) is 9.84 Å². The highest BCUT2D eigenvalue weighted by molar-refractivity contribution is 7.14. The van der Waals surface area contributed by atoms with Gasteiger partial charge in [-0.15, -0.1) is 11.3 Å². The highest BCUT2D eigenvalue weighted by atomic mass is 32.1. The minimum atomic E-state index is 0.00772. The van der Waals surface area contributed by atoms with Crippen molar-refractivity contribution >= 4 is 17.2 Å². The van der Waals surface area contributed by atoms with Crippen molar-refractivity contribution in [2.24, 2.45) is 0 Å². The Labute approximate surface area is 105 Å². The van der Waals surface area contributed by atoms with Crippen LogP contribution < -0.4 is 0 Å². The predicted molar refractivity (Wildman–Crippen MR) is 66.3 cm³/mol. The van der Waals surface area contributed by atoms with Crippen LogP contribution in [0.3, 0.4) is 0 Å². The van der Waals surface area contributed by atoms with Gasteiger partial charge < -0.3 is 14.7 Å². The lowest BCUT2D eigenvalue weighted by atomic mass is 10.2. The summed E-state index contributed by atoms with van der Waals surface area (Å²) in [6.07, 6.45) is 0.902. The van der Waals surface area contributed by atoms with Crippen LogP contribution in [0.4, 0.5) is 0 Å². The summed E-state index contributed by atoms with van der Waals surface area (Å²) in [6.45, 7) is 4.31. The Bertz CT molecular complexity index is 379. The van der Waals surface area contributed by atoms with E-state index in [9.17, 15) is 4.79 Å². The van der Waals surface area contributed by atoms with Gasteiger partial charge in [0.2, 0.25) is 0 Å². The number of amides is 1. The van der Waals surface area contributed by atoms with Crippen LogP contribution in [0.5, 0.6) is 0 Å². The molecule has 5 heteroatoms. The van der Waals surface area contributed by atoms with Gasteiger partial charge in [0.25, 0.3) is 5.91 Å². The third-order valence-corrected chi connectivity index (χ3v) is 4.10. The van der Waals surface area contributed by atoms with Gasteiger partial charge in [-0.1, -0.05) is 0 Å². The van der Waals surface area contributed by atoms with Crippen molar-refractivity contribution in [3.05, 3.63) is 21.4 Å². The molecule has 0 saturated heterocycles. The molecule has 94 valence electrons. The van der Waals surface area contributed by atoms with Crippen LogP contribution in [-0.4, -0.2) is 42.2 Å². The van der Waals surface area contributed by atoms with Crippen LogP contribution in [0.15, 0.2) is 6.07 Å². The molecule has 2 heterocycles. The Balaban J connectivity index is 2.15. The van der Waals surface area contributed by atoms with Gasteiger partial charge in [0, 0.05) is 24.4 Å². The standard InChI is InChI=1S/C12H17NO3S/c1-2-13(4-5-14)12(15)11-7-9-8-16-6-3-10(9)17-11/h7,14H,2-6,8H2,1H3. The second-order valence-corrected chi connectivity index (χ2v) is 5.11. The second-order valence-electron chi connectivity index (χ2n) is 3.97. The van der Waals surface area contributed by atoms with Crippen LogP contribution in [0.25, 0.3) is 0 Å². The number of likely N-dealkylation sites (N-methyl/N-ethyl adjacent to an activating group) is 1. The van der Waals surface area contributed by atoms with E-state index in [1.165, 1.54) is 4.88 Å². The maximum atomic E-state index is 12.2. The quantitative estimate of drug-likeness (QED) is 0.881. The summed E-state index contributed by atoms with van der Waals surface area (Å²) in [5, 5.41) is 8.92. The number of aliphatic hydroxyl groups excluding tert-OH is 1. The molecule has 1 aromatic rings. The predicted octanol–water partition coefficient (Wildman–Crippen LogP) is 1.28. The first-order valence-electron chi connectivity index (χ1n) is 5.85. The molecular formula is C12H17NO3S. The Hall–Kier alpha value is -0.910. The van der Waals surface area contributed by atoms with Gasteiger partial charge in [-0.25, -0.2) is 0 Å². The van der Waals surface area contributed by atoms with E-state index < -0.39 is 0 Å². The van der Waals surface area contributed by atoms with Gasteiger partial charge in [-0.05, 0) is 18.6 Å². The average Bonchev–Trinajstić information content (AvgIpc) is 2.78. The van der Waals surface area contributed by atoms with Gasteiger partial charge in [-0.3, -0.25) is 4.79 Å². The second kappa shape index (κ2) is 5.62. The van der Waals surface area contributed by atoms with Crippen LogP contribution in [-0.2, 0) is 17.8 Å². The number of hydrogen-bond donors (Lipinski definition) is 1. The summed E-state index contributed by atoms with van der Waals surface area (Å²) in [4.78, 5) is 15.9. The molecule has 0 saturated carbocycles. The van der Waals surface area contributed by atoms with Crippen molar-refractivity contribution in [3.63, 3.8) is 0 Å². The summed E-state index contributed by atoms with van der Waals surface area (Å²) in [7, 11) is 0. The van der Waals surface area contributed by atoms with Crippen LogP contribution in [0, 0.1) is 0 Å². The molecule has 1 aliphatic rings. The monoisotopic (exact) mass is 255 g/mol. The van der Waals surface area contributed by atoms with E-state index in [0.717, 1.165) is 23.5 Å². The van der Waals surface area contributed by atoms with Crippen molar-refractivity contribution in [1.82, 2.24) is 4.90 Å². The molecule has 0 aromatic carbocycles. The molecule has 4 nitrogen and oxygen atoms in total. The number of hydrogen-bond acceptors (Lipinski definition) is 4. The van der Waals surface area contributed by atoms with Crippen molar-refractivity contribution in [1.29, 1.82) is 0 Å². The first-order chi connectivity index (χ1) is 8.26. The molecule has 1 amide bonds. The molecule has 17 heavy (non-hydrogen) atoms. The van der Waals surface area contributed by atoms with E-state index in [0.29, 0.717) is 19.7 Å². The smallest absolute Gasteiger partial charge is 0.264 e. The van der Waals surface area contributed by atoms with E-state index in [2.05, 4.69) is 0 Å². The summed E-state index contributed by atoms with van der Waals surface area (Å²) in [5.74, 6) is 0.0148. The molecule has 0 bridgehead atoms. The Morgan fingerprint density at radius 3 is 3.12 bits per heavy atom. The van der Waals surface area contributed by atoms with E-state index >= 15 is 0 Å². The third kappa shape index (κ3) is 2.68. The molecule has 0 spiro atoms. The van der Waals surface area contributed by atoms with Crippen LogP contribution in [0.2, 0.25) is 0 Å². The largest absolute Gasteiger partial charge is 0.395 e. The fourth-order valence-corrected chi connectivity index (χ4v) is 3.05. The topological polar surface area (TPSA) is 49.8 Å². The summed E-state index contributed by atoms with van der Waals surface area (Å²) >= 11 is 1.56. The molecule has 1 aliphatic heterocycles. The molecule has 0 unspecified atom stereocenters. The molecule has 1 aromatic heterocycles. The van der Waals surface area contributed by atoms with Gasteiger partial charge in [-0.2, -0.15) is 0 Å². The Morgan fingerprint density at radius 2 is 2.47 bits per heavy atom. The number of carbonyl (C=O) groups excluding carboxylic acids is 1. The number of nitrogens with zero attached hydrogens (tertiary/aromatic N) is 1. The lowest BCUT2D eigenvalue weighted by molar-refractivity contribution is 0.0736. The fourth-order valence-electron chi connectivity index (χ4n) is 1.93. The normalized spacial score (nSPS) is 14.5. The van der Waals surface area contributed by atoms with Gasteiger partial charge in [0.1, 0.15) is 0 Å². The SMILES string of the molecule is CCN(CCO)C(=O)c1cc2c(s1)CCOC2. The highest BCUT2D eigenvalue weighted by Crippen LogP contribution is 2.27. The number of rotatable bonds is 4. The lowest BCUT2D eigenvalue weighted by Crippen LogP contribution is -2.32. The molecule has 0 aliphatic carbocycles. The first kappa shape index (κ1) is 12.5. The van der Waals surface area contributed by atoms with Crippen LogP contribution >= 0.6 is 11.3 Å². The minimum absolute atomic E-state index is 0.00772. The summed E-state index contributed by atoms with van der Waals surface area (Å²) in [5.41, 5.74) is 1.14. The van der Waals surface area contributed by atoms with Crippen molar-refractivity contribution in [2.45, 2.75) is 20.0 Å². The average molecular weight is 255 g/mol. The van der Waals surface area contributed by atoms with Gasteiger partial charge in [0.15, 0.2) is 0 Å². The summed E-state index contributed by atoms with van der Waals surface area (Å²) in [6, 6.07) is 1.93. The van der Waals surface area contributed by atoms with Crippen molar-refractivity contribution < 1.29 is 14.6 Å². The van der Waals surface area contributed by atoms with Crippen molar-refractivity contribution in [2.75, 3.05) is 26.3 Å². The molecule has 0 radical (unpaired) electrons. The number of aliphatic hydroxyl groups is 1. The third-order valence-electron chi connectivity index (χ3n) is 2.88. The van der Waals surface area contributed by atoms with Gasteiger partial charge in [0.05, 0.1) is 24.7 Å². The molecule has 2 rings (SSSR count). The molecular weight excluding hydrogens is 238 g/mol. The summed E-state index contributed by atoms with van der Waals surface area (Å²) < 4.78 is 5.37. The number of ether oxygens (including phenoxy) is 1. The Morgan fingerprint density at radius 1 is 1.65 bits per heavy atom. The molecule has 0 atom stereocenters. The van der Waals surface area contributed by atoms with Gasteiger partial charge >= 0.3 is 0 Å². The van der Waals surface area contributed by atoms with E-state index in [-0.39, 0.29) is 12.5 Å². The maximum Gasteiger partial charge on any atom is 0.264 e. The zero-order chi connectivity index (χ0) is 12.3. The minimum Gasteiger partial charge on any atom is -0.395 e. The Kier molecular flexibility index (Phi) is 4.15. The fraction of sp³-hybridized carbons (Fsp3) is 0.583. The van der Waals surface area contributed by atoms with Crippen LogP contribution in [0.1, 0.15) is 27.0 Å². The molecule has 0 fully saturated rings. The maximum absolute atomic E-state index is 12.2. The van der Waals surface area contributed by atoms with Crippen molar-refractivity contribution in [3.8, 4) is 0 Å². The van der Waals surface area contributed by atoms with E-state index in [1.807, 2.05) is 13.0 Å². The zero-order valence-electron chi connectivity index (χ0n) is 9.94. The number of fused-ring (bicyclic) bond motifs is 1. The highest BCUT2D eigenvalue weighted by Gasteiger charge is 2.20. The zero-order valence-corrected chi connectivity index (χ0v) is 10.8. The number of carbonyl (C=O) groups is 1.